The molecular formula is C12H13ClN4O4. The molecule has 3 aliphatic heterocycles. The number of hydrogen-bond acceptors (Lipinski definition) is 8. The van der Waals surface area contributed by atoms with Gasteiger partial charge in [0.1, 0.15) is 12.2 Å². The van der Waals surface area contributed by atoms with Gasteiger partial charge in [-0.1, -0.05) is 11.6 Å². The van der Waals surface area contributed by atoms with Gasteiger partial charge in [-0.25, -0.2) is 4.98 Å². The van der Waals surface area contributed by atoms with Gasteiger partial charge in [-0.15, -0.1) is 0 Å². The van der Waals surface area contributed by atoms with Crippen molar-refractivity contribution in [3.8, 4) is 0 Å². The predicted octanol–water partition coefficient (Wildman–Crippen LogP) is -0.403. The molecule has 0 unspecified atom stereocenters. The molecule has 2 fully saturated rings. The highest BCUT2D eigenvalue weighted by Crippen LogP contribution is 2.40. The molecule has 1 aromatic heterocycles. The normalized spacial score (nSPS) is 33.1. The number of anilines is 1. The van der Waals surface area contributed by atoms with E-state index in [2.05, 4.69) is 9.98 Å². The molecule has 3 aliphatic rings. The first-order valence-corrected chi connectivity index (χ1v) is 6.87. The summed E-state index contributed by atoms with van der Waals surface area (Å²) in [5.74, 6) is 0.455. The van der Waals surface area contributed by atoms with E-state index in [1.54, 1.807) is 4.90 Å². The van der Waals surface area contributed by atoms with Gasteiger partial charge in [-0.3, -0.25) is 4.90 Å². The molecule has 112 valence electrons. The molecule has 0 aliphatic carbocycles. The molecule has 0 saturated carbocycles. The van der Waals surface area contributed by atoms with Crippen LogP contribution in [0.5, 0.6) is 0 Å². The zero-order chi connectivity index (χ0) is 14.7. The zero-order valence-corrected chi connectivity index (χ0v) is 11.6. The molecule has 0 spiro atoms. The van der Waals surface area contributed by atoms with Gasteiger partial charge in [0, 0.05) is 5.56 Å². The highest BCUT2D eigenvalue weighted by Gasteiger charge is 2.55. The molecule has 21 heavy (non-hydrogen) atoms. The average molecular weight is 313 g/mol. The second-order valence-electron chi connectivity index (χ2n) is 5.16. The Bertz CT molecular complexity index is 640. The number of aliphatic hydroxyl groups excluding tert-OH is 2. The monoisotopic (exact) mass is 312 g/mol. The van der Waals surface area contributed by atoms with Crippen molar-refractivity contribution in [3.63, 3.8) is 0 Å². The van der Waals surface area contributed by atoms with Gasteiger partial charge in [-0.05, 0) is 0 Å². The fourth-order valence-electron chi connectivity index (χ4n) is 2.84. The van der Waals surface area contributed by atoms with Crippen molar-refractivity contribution in [1.82, 2.24) is 9.88 Å². The van der Waals surface area contributed by atoms with Gasteiger partial charge >= 0.3 is 0 Å². The van der Waals surface area contributed by atoms with Crippen molar-refractivity contribution in [2.75, 3.05) is 12.3 Å². The summed E-state index contributed by atoms with van der Waals surface area (Å²) < 4.78 is 11.3. The molecule has 0 bridgehead atoms. The van der Waals surface area contributed by atoms with Crippen LogP contribution in [0.3, 0.4) is 0 Å². The third-order valence-electron chi connectivity index (χ3n) is 3.97. The highest BCUT2D eigenvalue weighted by molar-refractivity contribution is 6.33. The number of hydrogen-bond donors (Lipinski definition) is 3. The van der Waals surface area contributed by atoms with E-state index in [4.69, 9.17) is 26.8 Å². The largest absolute Gasteiger partial charge is 0.454 e. The van der Waals surface area contributed by atoms with Crippen molar-refractivity contribution in [3.05, 3.63) is 16.8 Å². The number of nitrogens with zero attached hydrogens (tertiary/aromatic N) is 3. The fourth-order valence-corrected chi connectivity index (χ4v) is 3.00. The van der Waals surface area contributed by atoms with E-state index in [0.29, 0.717) is 34.7 Å². The number of nitrogens with two attached hydrogens (primary N) is 1. The van der Waals surface area contributed by atoms with Crippen molar-refractivity contribution in [2.45, 2.75) is 31.1 Å². The van der Waals surface area contributed by atoms with Gasteiger partial charge in [0.25, 0.3) is 6.02 Å². The van der Waals surface area contributed by atoms with E-state index in [-0.39, 0.29) is 6.61 Å². The summed E-state index contributed by atoms with van der Waals surface area (Å²) in [6.45, 7) is 0.101. The topological polar surface area (TPSA) is 113 Å². The lowest BCUT2D eigenvalue weighted by molar-refractivity contribution is -0.0580. The Hall–Kier alpha value is -1.61. The summed E-state index contributed by atoms with van der Waals surface area (Å²) in [7, 11) is 0. The Kier molecular flexibility index (Phi) is 2.77. The van der Waals surface area contributed by atoms with Crippen molar-refractivity contribution in [1.29, 1.82) is 0 Å². The molecule has 0 aromatic carbocycles. The first kappa shape index (κ1) is 13.1. The van der Waals surface area contributed by atoms with E-state index in [9.17, 15) is 10.2 Å². The lowest BCUT2D eigenvalue weighted by Crippen LogP contribution is -2.38. The minimum Gasteiger partial charge on any atom is -0.454 e. The standard InChI is InChI=1S/C12H13ClN4O4/c13-5-1-15-10-4(7(5)14)2-17-11-9(21-12(17)16-10)8(19)6(3-18)20-11/h1,6,8-9,11,18-19H,2-3H2,(H2,14,15)/t6-,8-,9+,11-/m1/s1. The van der Waals surface area contributed by atoms with Crippen molar-refractivity contribution in [2.24, 2.45) is 4.99 Å². The van der Waals surface area contributed by atoms with Gasteiger partial charge < -0.3 is 25.4 Å². The first-order chi connectivity index (χ1) is 10.1. The number of aliphatic imine (C=N–C) groups is 1. The summed E-state index contributed by atoms with van der Waals surface area (Å²) in [5.41, 5.74) is 7.08. The van der Waals surface area contributed by atoms with Gasteiger partial charge in [-0.2, -0.15) is 4.99 Å². The zero-order valence-electron chi connectivity index (χ0n) is 10.8. The maximum atomic E-state index is 10.1. The molecule has 4 heterocycles. The predicted molar refractivity (Wildman–Crippen MR) is 72.9 cm³/mol. The minimum absolute atomic E-state index is 0.274. The van der Waals surface area contributed by atoms with E-state index in [1.165, 1.54) is 6.20 Å². The van der Waals surface area contributed by atoms with Crippen LogP contribution in [0.4, 0.5) is 11.5 Å². The molecular weight excluding hydrogens is 300 g/mol. The van der Waals surface area contributed by atoms with Gasteiger partial charge in [0.15, 0.2) is 18.1 Å². The lowest BCUT2D eigenvalue weighted by atomic mass is 10.1. The van der Waals surface area contributed by atoms with Crippen LogP contribution in [0.25, 0.3) is 0 Å². The van der Waals surface area contributed by atoms with Crippen molar-refractivity contribution < 1.29 is 19.7 Å². The maximum Gasteiger partial charge on any atom is 0.297 e. The van der Waals surface area contributed by atoms with E-state index < -0.39 is 24.5 Å². The second kappa shape index (κ2) is 4.44. The number of ether oxygens (including phenoxy) is 2. The molecule has 9 heteroatoms. The number of rotatable bonds is 1. The highest BCUT2D eigenvalue weighted by atomic mass is 35.5. The molecule has 2 saturated heterocycles. The number of pyridine rings is 1. The molecule has 4 N–H and O–H groups in total. The van der Waals surface area contributed by atoms with Crippen LogP contribution in [0.15, 0.2) is 11.2 Å². The second-order valence-corrected chi connectivity index (χ2v) is 5.57. The molecule has 4 atom stereocenters. The lowest BCUT2D eigenvalue weighted by Gasteiger charge is -2.27. The number of nitrogen functional groups attached to an aromatic ring is 1. The van der Waals surface area contributed by atoms with Gasteiger partial charge in [0.2, 0.25) is 0 Å². The van der Waals surface area contributed by atoms with Gasteiger partial charge in [0.05, 0.1) is 30.1 Å². The summed E-state index contributed by atoms with van der Waals surface area (Å²) >= 11 is 5.98. The first-order valence-electron chi connectivity index (χ1n) is 6.49. The molecule has 4 rings (SSSR count). The van der Waals surface area contributed by atoms with Crippen LogP contribution in [0.1, 0.15) is 5.56 Å². The number of amidine groups is 1. The molecule has 0 radical (unpaired) electrons. The Labute approximate surface area is 124 Å². The van der Waals surface area contributed by atoms with Crippen molar-refractivity contribution >= 4 is 29.1 Å². The Morgan fingerprint density at radius 1 is 1.52 bits per heavy atom. The van der Waals surface area contributed by atoms with E-state index in [1.807, 2.05) is 0 Å². The summed E-state index contributed by atoms with van der Waals surface area (Å²) in [6, 6.07) is 0.335. The van der Waals surface area contributed by atoms with Crippen LogP contribution >= 0.6 is 11.6 Å². The third-order valence-corrected chi connectivity index (χ3v) is 4.27. The van der Waals surface area contributed by atoms with Crippen LogP contribution in [0.2, 0.25) is 5.02 Å². The smallest absolute Gasteiger partial charge is 0.297 e. The van der Waals surface area contributed by atoms with E-state index in [0.717, 1.165) is 0 Å². The van der Waals surface area contributed by atoms with Crippen LogP contribution in [-0.2, 0) is 16.0 Å². The summed E-state index contributed by atoms with van der Waals surface area (Å²) in [5, 5.41) is 19.6. The van der Waals surface area contributed by atoms with Crippen LogP contribution in [-0.4, -0.2) is 57.3 Å². The number of halogens is 1. The third kappa shape index (κ3) is 1.73. The maximum absolute atomic E-state index is 10.1. The quantitative estimate of drug-likeness (QED) is 0.646. The SMILES string of the molecule is Nc1c(Cl)cnc2c1CN1C(=N2)O[C@H]2[C@H](O)[C@@H](CO)O[C@H]21. The van der Waals surface area contributed by atoms with Crippen LogP contribution in [0, 0.1) is 0 Å². The Balaban J connectivity index is 1.71. The van der Waals surface area contributed by atoms with E-state index >= 15 is 0 Å². The average Bonchev–Trinajstić information content (AvgIpc) is 2.98. The fraction of sp³-hybridized carbons (Fsp3) is 0.500. The minimum atomic E-state index is -0.912. The summed E-state index contributed by atoms with van der Waals surface area (Å²) in [4.78, 5) is 10.2. The molecule has 8 nitrogen and oxygen atoms in total. The molecule has 1 aromatic rings. The molecule has 0 amide bonds. The summed E-state index contributed by atoms with van der Waals surface area (Å²) in [6.07, 6.45) is -1.24. The van der Waals surface area contributed by atoms with Crippen LogP contribution < -0.4 is 5.73 Å². The Morgan fingerprint density at radius 3 is 3.10 bits per heavy atom. The number of fused-ring (bicyclic) bond motifs is 4. The number of aromatic nitrogens is 1. The number of aliphatic hydroxyl groups is 2. The Morgan fingerprint density at radius 2 is 2.33 bits per heavy atom.